The minimum atomic E-state index is -2.87. The molecule has 33 heavy (non-hydrogen) atoms. The van der Waals surface area contributed by atoms with E-state index in [0.29, 0.717) is 24.7 Å². The number of hydrogen-bond donors (Lipinski definition) is 0. The molecule has 1 aliphatic heterocycles. The van der Waals surface area contributed by atoms with Gasteiger partial charge in [0.05, 0.1) is 17.2 Å². The van der Waals surface area contributed by atoms with E-state index in [4.69, 9.17) is 5.10 Å². The Morgan fingerprint density at radius 1 is 1.09 bits per heavy atom. The monoisotopic (exact) mass is 467 g/mol. The molecule has 1 saturated heterocycles. The summed E-state index contributed by atoms with van der Waals surface area (Å²) in [6.07, 6.45) is 1.89. The molecule has 174 valence electrons. The Balaban J connectivity index is 1.39. The minimum absolute atomic E-state index is 0.0111. The summed E-state index contributed by atoms with van der Waals surface area (Å²) in [4.78, 5) is 21.4. The number of carbonyl (C=O) groups excluding carboxylic acids is 1. The number of amides is 1. The van der Waals surface area contributed by atoms with E-state index in [1.165, 1.54) is 0 Å². The molecule has 1 aliphatic carbocycles. The molecule has 1 saturated carbocycles. The SMILES string of the molecule is CC(C)N(C(=O)C1CC1)c1nc2cccc(-c3ccc(CN4CCS(=O)(=O)CC4)cc3)n2n1. The standard InChI is InChI=1S/C24H29N5O3S/c1-17(2)28(23(30)20-10-11-20)24-25-22-5-3-4-21(29(22)26-24)19-8-6-18(7-9-19)16-27-12-14-33(31,32)15-13-27/h3-9,17,20H,10-16H2,1-2H3. The number of rotatable bonds is 6. The second-order valence-electron chi connectivity index (χ2n) is 9.29. The van der Waals surface area contributed by atoms with Crippen LogP contribution in [-0.2, 0) is 21.2 Å². The molecule has 0 bridgehead atoms. The van der Waals surface area contributed by atoms with Crippen molar-refractivity contribution in [3.8, 4) is 11.3 Å². The molecule has 2 aromatic heterocycles. The van der Waals surface area contributed by atoms with Crippen molar-refractivity contribution in [3.63, 3.8) is 0 Å². The molecule has 9 heteroatoms. The first-order valence-electron chi connectivity index (χ1n) is 11.5. The summed E-state index contributed by atoms with van der Waals surface area (Å²) >= 11 is 0. The molecule has 0 atom stereocenters. The van der Waals surface area contributed by atoms with Crippen LogP contribution >= 0.6 is 0 Å². The number of anilines is 1. The van der Waals surface area contributed by atoms with Gasteiger partial charge in [-0.05, 0) is 44.4 Å². The van der Waals surface area contributed by atoms with E-state index < -0.39 is 9.84 Å². The third kappa shape index (κ3) is 4.65. The van der Waals surface area contributed by atoms with Crippen LogP contribution < -0.4 is 4.90 Å². The fourth-order valence-electron chi connectivity index (χ4n) is 4.27. The summed E-state index contributed by atoms with van der Waals surface area (Å²) in [5, 5.41) is 4.72. The van der Waals surface area contributed by atoms with Gasteiger partial charge in [-0.25, -0.2) is 12.9 Å². The highest BCUT2D eigenvalue weighted by atomic mass is 32.2. The van der Waals surface area contributed by atoms with Crippen molar-refractivity contribution in [1.29, 1.82) is 0 Å². The highest BCUT2D eigenvalue weighted by molar-refractivity contribution is 7.91. The van der Waals surface area contributed by atoms with Crippen LogP contribution in [-0.4, -0.2) is 64.5 Å². The number of carbonyl (C=O) groups is 1. The zero-order valence-electron chi connectivity index (χ0n) is 19.0. The summed E-state index contributed by atoms with van der Waals surface area (Å²) in [6, 6.07) is 14.1. The van der Waals surface area contributed by atoms with Gasteiger partial charge in [0.2, 0.25) is 5.91 Å². The lowest BCUT2D eigenvalue weighted by Crippen LogP contribution is -2.39. The number of aromatic nitrogens is 3. The molecule has 2 aliphatic rings. The molecule has 3 heterocycles. The first-order chi connectivity index (χ1) is 15.8. The van der Waals surface area contributed by atoms with Gasteiger partial charge < -0.3 is 0 Å². The van der Waals surface area contributed by atoms with Gasteiger partial charge in [0.1, 0.15) is 0 Å². The summed E-state index contributed by atoms with van der Waals surface area (Å²) < 4.78 is 25.1. The lowest BCUT2D eigenvalue weighted by Gasteiger charge is -2.26. The first-order valence-corrected chi connectivity index (χ1v) is 13.3. The average Bonchev–Trinajstić information content (AvgIpc) is 3.55. The van der Waals surface area contributed by atoms with E-state index >= 15 is 0 Å². The predicted octanol–water partition coefficient (Wildman–Crippen LogP) is 2.78. The van der Waals surface area contributed by atoms with Crippen LogP contribution in [0.15, 0.2) is 42.5 Å². The second-order valence-corrected chi connectivity index (χ2v) is 11.6. The first kappa shape index (κ1) is 22.0. The third-order valence-corrected chi connectivity index (χ3v) is 7.95. The highest BCUT2D eigenvalue weighted by Gasteiger charge is 2.36. The van der Waals surface area contributed by atoms with E-state index in [9.17, 15) is 13.2 Å². The lowest BCUT2D eigenvalue weighted by atomic mass is 10.1. The number of nitrogens with zero attached hydrogens (tertiary/aromatic N) is 5. The van der Waals surface area contributed by atoms with Gasteiger partial charge in [0.15, 0.2) is 15.5 Å². The summed E-state index contributed by atoms with van der Waals surface area (Å²) in [5.41, 5.74) is 3.76. The van der Waals surface area contributed by atoms with Crippen LogP contribution in [0.2, 0.25) is 0 Å². The smallest absolute Gasteiger partial charge is 0.252 e. The molecule has 3 aromatic rings. The van der Waals surface area contributed by atoms with E-state index in [1.54, 1.807) is 9.42 Å². The second kappa shape index (κ2) is 8.53. The Hall–Kier alpha value is -2.78. The normalized spacial score (nSPS) is 18.6. The van der Waals surface area contributed by atoms with E-state index in [1.807, 2.05) is 32.0 Å². The molecule has 1 amide bonds. The van der Waals surface area contributed by atoms with Crippen LogP contribution in [0.4, 0.5) is 5.95 Å². The van der Waals surface area contributed by atoms with Crippen molar-refractivity contribution in [3.05, 3.63) is 48.0 Å². The third-order valence-electron chi connectivity index (χ3n) is 6.34. The maximum absolute atomic E-state index is 12.8. The number of benzene rings is 1. The number of hydrogen-bond acceptors (Lipinski definition) is 6. The van der Waals surface area contributed by atoms with Crippen LogP contribution in [0.1, 0.15) is 32.3 Å². The fourth-order valence-corrected chi connectivity index (χ4v) is 5.55. The van der Waals surface area contributed by atoms with Crippen LogP contribution in [0.5, 0.6) is 0 Å². The van der Waals surface area contributed by atoms with E-state index in [2.05, 4.69) is 34.1 Å². The fraction of sp³-hybridized carbons (Fsp3) is 0.458. The Morgan fingerprint density at radius 2 is 1.79 bits per heavy atom. The van der Waals surface area contributed by atoms with Crippen LogP contribution in [0.25, 0.3) is 16.9 Å². The average molecular weight is 468 g/mol. The zero-order valence-corrected chi connectivity index (χ0v) is 19.8. The van der Waals surface area contributed by atoms with Crippen molar-refractivity contribution in [2.75, 3.05) is 29.5 Å². The summed E-state index contributed by atoms with van der Waals surface area (Å²) in [6.45, 7) is 5.88. The Labute approximate surface area is 194 Å². The molecule has 0 radical (unpaired) electrons. The Bertz CT molecular complexity index is 1270. The van der Waals surface area contributed by atoms with Crippen molar-refractivity contribution < 1.29 is 13.2 Å². The maximum Gasteiger partial charge on any atom is 0.252 e. The molecular formula is C24H29N5O3S. The van der Waals surface area contributed by atoms with E-state index in [0.717, 1.165) is 36.2 Å². The van der Waals surface area contributed by atoms with Gasteiger partial charge in [-0.2, -0.15) is 4.98 Å². The van der Waals surface area contributed by atoms with Gasteiger partial charge in [0.25, 0.3) is 5.95 Å². The minimum Gasteiger partial charge on any atom is -0.297 e. The van der Waals surface area contributed by atoms with Gasteiger partial charge in [-0.3, -0.25) is 14.6 Å². The van der Waals surface area contributed by atoms with E-state index in [-0.39, 0.29) is 29.4 Å². The summed E-state index contributed by atoms with van der Waals surface area (Å²) in [7, 11) is -2.87. The summed E-state index contributed by atoms with van der Waals surface area (Å²) in [5.74, 6) is 1.13. The molecular weight excluding hydrogens is 438 g/mol. The van der Waals surface area contributed by atoms with Crippen molar-refractivity contribution in [2.45, 2.75) is 39.3 Å². The molecule has 0 unspecified atom stereocenters. The zero-order chi connectivity index (χ0) is 23.2. The van der Waals surface area contributed by atoms with Crippen LogP contribution in [0, 0.1) is 5.92 Å². The van der Waals surface area contributed by atoms with Gasteiger partial charge >= 0.3 is 0 Å². The van der Waals surface area contributed by atoms with Crippen molar-refractivity contribution in [1.82, 2.24) is 19.5 Å². The molecule has 8 nitrogen and oxygen atoms in total. The number of sulfone groups is 1. The molecule has 2 fully saturated rings. The Morgan fingerprint density at radius 3 is 2.42 bits per heavy atom. The molecule has 0 spiro atoms. The van der Waals surface area contributed by atoms with Gasteiger partial charge in [-0.1, -0.05) is 30.3 Å². The highest BCUT2D eigenvalue weighted by Crippen LogP contribution is 2.33. The van der Waals surface area contributed by atoms with Crippen molar-refractivity contribution in [2.24, 2.45) is 5.92 Å². The Kier molecular flexibility index (Phi) is 5.70. The van der Waals surface area contributed by atoms with Crippen LogP contribution in [0.3, 0.4) is 0 Å². The number of fused-ring (bicyclic) bond motifs is 1. The van der Waals surface area contributed by atoms with Gasteiger partial charge in [0, 0.05) is 37.2 Å². The van der Waals surface area contributed by atoms with Gasteiger partial charge in [-0.15, -0.1) is 5.10 Å². The molecule has 0 N–H and O–H groups in total. The molecule has 5 rings (SSSR count). The molecule has 1 aromatic carbocycles. The number of pyridine rings is 1. The largest absolute Gasteiger partial charge is 0.297 e. The lowest BCUT2D eigenvalue weighted by molar-refractivity contribution is -0.120. The van der Waals surface area contributed by atoms with Crippen molar-refractivity contribution >= 4 is 27.3 Å². The topological polar surface area (TPSA) is 87.9 Å². The predicted molar refractivity (Wildman–Crippen MR) is 128 cm³/mol. The maximum atomic E-state index is 12.8. The quantitative estimate of drug-likeness (QED) is 0.554.